The number of carbonyl (C=O) groups is 1. The van der Waals surface area contributed by atoms with Crippen LogP contribution in [0.15, 0.2) is 0 Å². The Balaban J connectivity index is 2.45. The number of nitrogens with zero attached hydrogens (tertiary/aromatic N) is 1. The maximum Gasteiger partial charge on any atom is 0.393 e. The van der Waals surface area contributed by atoms with Gasteiger partial charge in [-0.3, -0.25) is 4.79 Å². The lowest BCUT2D eigenvalue weighted by molar-refractivity contribution is -0.180. The van der Waals surface area contributed by atoms with Crippen LogP contribution in [0.2, 0.25) is 0 Å². The highest BCUT2D eigenvalue weighted by atomic mass is 19.4. The van der Waals surface area contributed by atoms with Crippen LogP contribution in [0.1, 0.15) is 19.8 Å². The number of hydrogen-bond donors (Lipinski definition) is 2. The summed E-state index contributed by atoms with van der Waals surface area (Å²) in [5.41, 5.74) is 0. The third-order valence-electron chi connectivity index (χ3n) is 3.09. The first-order valence-electron chi connectivity index (χ1n) is 5.95. The molecule has 3 unspecified atom stereocenters. The molecule has 1 fully saturated rings. The van der Waals surface area contributed by atoms with Crippen LogP contribution >= 0.6 is 0 Å². The number of amides is 1. The highest BCUT2D eigenvalue weighted by Gasteiger charge is 2.42. The van der Waals surface area contributed by atoms with Crippen molar-refractivity contribution in [1.82, 2.24) is 10.2 Å². The lowest BCUT2D eigenvalue weighted by Crippen LogP contribution is -2.52. The zero-order valence-corrected chi connectivity index (χ0v) is 10.5. The van der Waals surface area contributed by atoms with Gasteiger partial charge in [0, 0.05) is 20.1 Å². The molecule has 0 aromatic carbocycles. The lowest BCUT2D eigenvalue weighted by Gasteiger charge is -2.32. The summed E-state index contributed by atoms with van der Waals surface area (Å²) < 4.78 is 37.3. The van der Waals surface area contributed by atoms with E-state index in [1.807, 2.05) is 0 Å². The average molecular weight is 268 g/mol. The Hall–Kier alpha value is -0.820. The summed E-state index contributed by atoms with van der Waals surface area (Å²) in [7, 11) is 1.53. The number of halogens is 3. The van der Waals surface area contributed by atoms with E-state index in [0.29, 0.717) is 0 Å². The van der Waals surface area contributed by atoms with Gasteiger partial charge in [-0.15, -0.1) is 0 Å². The Kier molecular flexibility index (Phi) is 4.98. The monoisotopic (exact) mass is 268 g/mol. The summed E-state index contributed by atoms with van der Waals surface area (Å²) in [6.07, 6.45) is -4.71. The molecule has 1 amide bonds. The molecule has 0 bridgehead atoms. The molecule has 4 nitrogen and oxygen atoms in total. The molecule has 3 atom stereocenters. The minimum absolute atomic E-state index is 0.0323. The molecular formula is C11H19F3N2O2. The number of rotatable bonds is 3. The second kappa shape index (κ2) is 5.88. The molecule has 1 aliphatic heterocycles. The normalized spacial score (nSPS) is 26.8. The van der Waals surface area contributed by atoms with Crippen molar-refractivity contribution in [2.24, 2.45) is 5.92 Å². The van der Waals surface area contributed by atoms with Crippen LogP contribution in [-0.2, 0) is 4.79 Å². The Bertz CT molecular complexity index is 287. The molecule has 0 aromatic heterocycles. The number of nitrogens with one attached hydrogen (secondary N) is 1. The van der Waals surface area contributed by atoms with Crippen LogP contribution in [0, 0.1) is 5.92 Å². The average Bonchev–Trinajstić information content (AvgIpc) is 2.26. The van der Waals surface area contributed by atoms with Crippen molar-refractivity contribution >= 4 is 5.91 Å². The van der Waals surface area contributed by atoms with Crippen molar-refractivity contribution in [2.45, 2.75) is 38.1 Å². The molecular weight excluding hydrogens is 249 g/mol. The van der Waals surface area contributed by atoms with E-state index in [4.69, 9.17) is 5.11 Å². The molecule has 1 heterocycles. The lowest BCUT2D eigenvalue weighted by atomic mass is 9.93. The third-order valence-corrected chi connectivity index (χ3v) is 3.09. The van der Waals surface area contributed by atoms with Crippen LogP contribution < -0.4 is 5.32 Å². The van der Waals surface area contributed by atoms with Crippen LogP contribution in [0.4, 0.5) is 13.2 Å². The third kappa shape index (κ3) is 4.13. The second-order valence-corrected chi connectivity index (χ2v) is 4.84. The van der Waals surface area contributed by atoms with Crippen molar-refractivity contribution < 1.29 is 23.1 Å². The first kappa shape index (κ1) is 15.2. The number of carbonyl (C=O) groups excluding carboxylic acids is 1. The van der Waals surface area contributed by atoms with Gasteiger partial charge in [0.05, 0.1) is 18.1 Å². The SMILES string of the molecule is CC(O)CN(C)C(=O)C1CCC(C(F)(F)F)CN1. The first-order chi connectivity index (χ1) is 8.21. The van der Waals surface area contributed by atoms with Crippen LogP contribution in [-0.4, -0.2) is 54.4 Å². The van der Waals surface area contributed by atoms with Crippen molar-refractivity contribution in [2.75, 3.05) is 20.1 Å². The van der Waals surface area contributed by atoms with Gasteiger partial charge >= 0.3 is 6.18 Å². The van der Waals surface area contributed by atoms with Crippen LogP contribution in [0.25, 0.3) is 0 Å². The zero-order chi connectivity index (χ0) is 13.9. The fourth-order valence-electron chi connectivity index (χ4n) is 2.10. The minimum Gasteiger partial charge on any atom is -0.392 e. The van der Waals surface area contributed by atoms with Gasteiger partial charge in [-0.25, -0.2) is 0 Å². The molecule has 106 valence electrons. The van der Waals surface area contributed by atoms with E-state index in [1.54, 1.807) is 6.92 Å². The largest absolute Gasteiger partial charge is 0.393 e. The quantitative estimate of drug-likeness (QED) is 0.794. The van der Waals surface area contributed by atoms with Crippen molar-refractivity contribution in [3.63, 3.8) is 0 Å². The summed E-state index contributed by atoms with van der Waals surface area (Å²) in [6, 6.07) is -0.577. The van der Waals surface area contributed by atoms with Gasteiger partial charge in [0.25, 0.3) is 0 Å². The molecule has 0 radical (unpaired) electrons. The number of likely N-dealkylation sites (N-methyl/N-ethyl adjacent to an activating group) is 1. The van der Waals surface area contributed by atoms with E-state index < -0.39 is 24.2 Å². The number of hydrogen-bond acceptors (Lipinski definition) is 3. The second-order valence-electron chi connectivity index (χ2n) is 4.84. The highest BCUT2D eigenvalue weighted by Crippen LogP contribution is 2.32. The van der Waals surface area contributed by atoms with Gasteiger partial charge in [-0.05, 0) is 19.8 Å². The van der Waals surface area contributed by atoms with E-state index in [-0.39, 0.29) is 31.8 Å². The molecule has 0 saturated carbocycles. The number of aliphatic hydroxyl groups excluding tert-OH is 1. The van der Waals surface area contributed by atoms with E-state index >= 15 is 0 Å². The van der Waals surface area contributed by atoms with E-state index in [9.17, 15) is 18.0 Å². The van der Waals surface area contributed by atoms with E-state index in [2.05, 4.69) is 5.32 Å². The molecule has 1 rings (SSSR count). The van der Waals surface area contributed by atoms with Gasteiger partial charge < -0.3 is 15.3 Å². The smallest absolute Gasteiger partial charge is 0.392 e. The zero-order valence-electron chi connectivity index (χ0n) is 10.5. The van der Waals surface area contributed by atoms with Crippen molar-refractivity contribution in [1.29, 1.82) is 0 Å². The van der Waals surface area contributed by atoms with Gasteiger partial charge in [0.2, 0.25) is 5.91 Å². The maximum absolute atomic E-state index is 12.4. The molecule has 0 aliphatic carbocycles. The molecule has 1 saturated heterocycles. The predicted molar refractivity (Wildman–Crippen MR) is 59.9 cm³/mol. The predicted octanol–water partition coefficient (Wildman–Crippen LogP) is 0.756. The van der Waals surface area contributed by atoms with Gasteiger partial charge in [-0.2, -0.15) is 13.2 Å². The summed E-state index contributed by atoms with van der Waals surface area (Å²) in [4.78, 5) is 13.2. The Morgan fingerprint density at radius 1 is 1.50 bits per heavy atom. The van der Waals surface area contributed by atoms with Crippen LogP contribution in [0.5, 0.6) is 0 Å². The van der Waals surface area contributed by atoms with Gasteiger partial charge in [-0.1, -0.05) is 0 Å². The molecule has 7 heteroatoms. The number of alkyl halides is 3. The fraction of sp³-hybridized carbons (Fsp3) is 0.909. The summed E-state index contributed by atoms with van der Waals surface area (Å²) in [6.45, 7) is 1.51. The van der Waals surface area contributed by atoms with Gasteiger partial charge in [0.15, 0.2) is 0 Å². The number of aliphatic hydroxyl groups is 1. The standard InChI is InChI=1S/C11H19F3N2O2/c1-7(17)6-16(2)10(18)9-4-3-8(5-15-9)11(12,13)14/h7-9,15,17H,3-6H2,1-2H3. The summed E-state index contributed by atoms with van der Waals surface area (Å²) in [5.74, 6) is -1.64. The molecule has 0 spiro atoms. The van der Waals surface area contributed by atoms with Crippen LogP contribution in [0.3, 0.4) is 0 Å². The Labute approximate surface area is 104 Å². The first-order valence-corrected chi connectivity index (χ1v) is 5.95. The maximum atomic E-state index is 12.4. The van der Waals surface area contributed by atoms with E-state index in [1.165, 1.54) is 11.9 Å². The Morgan fingerprint density at radius 2 is 2.11 bits per heavy atom. The Morgan fingerprint density at radius 3 is 2.50 bits per heavy atom. The molecule has 1 aliphatic rings. The highest BCUT2D eigenvalue weighted by molar-refractivity contribution is 5.81. The molecule has 0 aromatic rings. The minimum atomic E-state index is -4.20. The fourth-order valence-corrected chi connectivity index (χ4v) is 2.10. The summed E-state index contributed by atoms with van der Waals surface area (Å²) in [5, 5.41) is 11.8. The van der Waals surface area contributed by atoms with Gasteiger partial charge in [0.1, 0.15) is 0 Å². The topological polar surface area (TPSA) is 52.6 Å². The molecule has 18 heavy (non-hydrogen) atoms. The summed E-state index contributed by atoms with van der Waals surface area (Å²) >= 11 is 0. The van der Waals surface area contributed by atoms with E-state index in [0.717, 1.165) is 0 Å². The molecule has 2 N–H and O–H groups in total. The number of piperidine rings is 1. The van der Waals surface area contributed by atoms with Crippen molar-refractivity contribution in [3.8, 4) is 0 Å². The van der Waals surface area contributed by atoms with Crippen molar-refractivity contribution in [3.05, 3.63) is 0 Å².